The molecule has 74 valence electrons. The molecule has 1 rings (SSSR count). The predicted molar refractivity (Wildman–Crippen MR) is 56.1 cm³/mol. The summed E-state index contributed by atoms with van der Waals surface area (Å²) in [5, 5.41) is 13.0. The van der Waals surface area contributed by atoms with Crippen LogP contribution >= 0.6 is 11.3 Å². The van der Waals surface area contributed by atoms with Crippen LogP contribution in [0.2, 0.25) is 0 Å². The van der Waals surface area contributed by atoms with Crippen molar-refractivity contribution in [2.45, 2.75) is 45.6 Å². The van der Waals surface area contributed by atoms with E-state index in [4.69, 9.17) is 0 Å². The van der Waals surface area contributed by atoms with Gasteiger partial charge in [0.05, 0.1) is 10.6 Å². The second-order valence-electron chi connectivity index (χ2n) is 3.81. The van der Waals surface area contributed by atoms with Gasteiger partial charge in [-0.3, -0.25) is 0 Å². The van der Waals surface area contributed by atoms with Crippen LogP contribution in [0.15, 0.2) is 5.38 Å². The lowest BCUT2D eigenvalue weighted by Gasteiger charge is -2.20. The van der Waals surface area contributed by atoms with Gasteiger partial charge in [0.25, 0.3) is 0 Å². The number of aliphatic hydroxyl groups is 1. The van der Waals surface area contributed by atoms with Crippen LogP contribution in [0.5, 0.6) is 0 Å². The molecule has 0 aliphatic rings. The average Bonchev–Trinajstić information content (AvgIpc) is 2.34. The van der Waals surface area contributed by atoms with E-state index in [1.54, 1.807) is 11.3 Å². The number of aromatic nitrogens is 1. The molecule has 13 heavy (non-hydrogen) atoms. The molecule has 0 saturated heterocycles. The van der Waals surface area contributed by atoms with Crippen LogP contribution < -0.4 is 0 Å². The highest BCUT2D eigenvalue weighted by Gasteiger charge is 2.20. The van der Waals surface area contributed by atoms with Gasteiger partial charge in [0, 0.05) is 17.5 Å². The molecule has 0 amide bonds. The minimum atomic E-state index is -0.584. The molecule has 3 heteroatoms. The number of hydrogen-bond acceptors (Lipinski definition) is 3. The number of nitrogens with zero attached hydrogens (tertiary/aromatic N) is 1. The van der Waals surface area contributed by atoms with E-state index in [2.05, 4.69) is 11.9 Å². The Kier molecular flexibility index (Phi) is 3.45. The first kappa shape index (κ1) is 10.7. The Morgan fingerprint density at radius 2 is 2.31 bits per heavy atom. The fourth-order valence-corrected chi connectivity index (χ4v) is 2.39. The van der Waals surface area contributed by atoms with Crippen molar-refractivity contribution in [3.8, 4) is 0 Å². The molecule has 1 aromatic rings. The van der Waals surface area contributed by atoms with Gasteiger partial charge in [-0.2, -0.15) is 0 Å². The van der Waals surface area contributed by atoms with E-state index in [0.29, 0.717) is 6.42 Å². The molecule has 0 spiro atoms. The molecule has 2 nitrogen and oxygen atoms in total. The Balaban J connectivity index is 2.57. The molecule has 0 aliphatic carbocycles. The highest BCUT2D eigenvalue weighted by atomic mass is 32.1. The number of thiazole rings is 1. The lowest BCUT2D eigenvalue weighted by atomic mass is 9.97. The van der Waals surface area contributed by atoms with E-state index < -0.39 is 5.60 Å². The van der Waals surface area contributed by atoms with E-state index in [1.165, 1.54) is 0 Å². The first-order valence-electron chi connectivity index (χ1n) is 4.67. The van der Waals surface area contributed by atoms with Gasteiger partial charge in [-0.1, -0.05) is 13.3 Å². The number of hydrogen-bond donors (Lipinski definition) is 1. The van der Waals surface area contributed by atoms with Crippen LogP contribution in [0.4, 0.5) is 0 Å². The fraction of sp³-hybridized carbons (Fsp3) is 0.700. The Morgan fingerprint density at radius 1 is 1.62 bits per heavy atom. The van der Waals surface area contributed by atoms with Gasteiger partial charge in [0.1, 0.15) is 0 Å². The van der Waals surface area contributed by atoms with Crippen LogP contribution in [0.3, 0.4) is 0 Å². The summed E-state index contributed by atoms with van der Waals surface area (Å²) in [5.41, 5.74) is 0.464. The third kappa shape index (κ3) is 3.44. The van der Waals surface area contributed by atoms with Crippen molar-refractivity contribution in [2.75, 3.05) is 0 Å². The zero-order chi connectivity index (χ0) is 9.90. The molecule has 0 aliphatic heterocycles. The van der Waals surface area contributed by atoms with E-state index in [-0.39, 0.29) is 0 Å². The minimum absolute atomic E-state index is 0.584. The molecular formula is C10H17NOS. The fourth-order valence-electron chi connectivity index (χ4n) is 1.44. The molecule has 0 saturated carbocycles. The summed E-state index contributed by atoms with van der Waals surface area (Å²) in [4.78, 5) is 4.34. The summed E-state index contributed by atoms with van der Waals surface area (Å²) in [7, 11) is 0. The monoisotopic (exact) mass is 199 g/mol. The molecule has 1 atom stereocenters. The Morgan fingerprint density at radius 3 is 2.77 bits per heavy atom. The van der Waals surface area contributed by atoms with Crippen molar-refractivity contribution < 1.29 is 5.11 Å². The van der Waals surface area contributed by atoms with Crippen LogP contribution in [-0.2, 0) is 6.42 Å². The SMILES string of the molecule is CCCC(C)(O)Cc1nc(C)cs1. The van der Waals surface area contributed by atoms with E-state index in [9.17, 15) is 5.11 Å². The zero-order valence-electron chi connectivity index (χ0n) is 8.50. The summed E-state index contributed by atoms with van der Waals surface area (Å²) in [6.45, 7) is 5.95. The van der Waals surface area contributed by atoms with Crippen molar-refractivity contribution >= 4 is 11.3 Å². The summed E-state index contributed by atoms with van der Waals surface area (Å²) in [6, 6.07) is 0. The molecule has 1 N–H and O–H groups in total. The van der Waals surface area contributed by atoms with Gasteiger partial charge >= 0.3 is 0 Å². The van der Waals surface area contributed by atoms with Gasteiger partial charge < -0.3 is 5.11 Å². The highest BCUT2D eigenvalue weighted by molar-refractivity contribution is 7.09. The molecule has 0 fully saturated rings. The lowest BCUT2D eigenvalue weighted by Crippen LogP contribution is -2.26. The summed E-state index contributed by atoms with van der Waals surface area (Å²) in [5.74, 6) is 0. The van der Waals surface area contributed by atoms with Crippen molar-refractivity contribution in [1.82, 2.24) is 4.98 Å². The van der Waals surface area contributed by atoms with Crippen LogP contribution in [0.1, 0.15) is 37.4 Å². The lowest BCUT2D eigenvalue weighted by molar-refractivity contribution is 0.0505. The third-order valence-corrected chi connectivity index (χ3v) is 2.95. The highest BCUT2D eigenvalue weighted by Crippen LogP contribution is 2.20. The summed E-state index contributed by atoms with van der Waals surface area (Å²) >= 11 is 1.63. The second kappa shape index (κ2) is 4.20. The smallest absolute Gasteiger partial charge is 0.0956 e. The maximum atomic E-state index is 9.94. The van der Waals surface area contributed by atoms with Gasteiger partial charge in [0.15, 0.2) is 0 Å². The summed E-state index contributed by atoms with van der Waals surface area (Å²) < 4.78 is 0. The first-order chi connectivity index (χ1) is 6.03. The Bertz CT molecular complexity index is 268. The maximum absolute atomic E-state index is 9.94. The summed E-state index contributed by atoms with van der Waals surface area (Å²) in [6.07, 6.45) is 2.53. The zero-order valence-corrected chi connectivity index (χ0v) is 9.32. The molecule has 1 aromatic heterocycles. The largest absolute Gasteiger partial charge is 0.390 e. The number of rotatable bonds is 4. The van der Waals surface area contributed by atoms with E-state index >= 15 is 0 Å². The standard InChI is InChI=1S/C10H17NOS/c1-4-5-10(3,12)6-9-11-8(2)7-13-9/h7,12H,4-6H2,1-3H3. The van der Waals surface area contributed by atoms with Crippen molar-refractivity contribution in [1.29, 1.82) is 0 Å². The van der Waals surface area contributed by atoms with Crippen LogP contribution in [0, 0.1) is 6.92 Å². The van der Waals surface area contributed by atoms with E-state index in [0.717, 1.165) is 23.5 Å². The van der Waals surface area contributed by atoms with E-state index in [1.807, 2.05) is 19.2 Å². The number of aryl methyl sites for hydroxylation is 1. The molecular weight excluding hydrogens is 182 g/mol. The molecule has 0 aromatic carbocycles. The average molecular weight is 199 g/mol. The van der Waals surface area contributed by atoms with Gasteiger partial charge in [-0.05, 0) is 20.3 Å². The van der Waals surface area contributed by atoms with Crippen LogP contribution in [-0.4, -0.2) is 15.7 Å². The normalized spacial score (nSPS) is 15.7. The van der Waals surface area contributed by atoms with Crippen LogP contribution in [0.25, 0.3) is 0 Å². The van der Waals surface area contributed by atoms with Crippen molar-refractivity contribution in [3.63, 3.8) is 0 Å². The predicted octanol–water partition coefficient (Wildman–Crippen LogP) is 2.55. The molecule has 0 radical (unpaired) electrons. The van der Waals surface area contributed by atoms with Crippen molar-refractivity contribution in [3.05, 3.63) is 16.1 Å². The quantitative estimate of drug-likeness (QED) is 0.808. The van der Waals surface area contributed by atoms with Crippen molar-refractivity contribution in [2.24, 2.45) is 0 Å². The van der Waals surface area contributed by atoms with Gasteiger partial charge in [-0.15, -0.1) is 11.3 Å². The molecule has 1 unspecified atom stereocenters. The minimum Gasteiger partial charge on any atom is -0.390 e. The van der Waals surface area contributed by atoms with Gasteiger partial charge in [0.2, 0.25) is 0 Å². The second-order valence-corrected chi connectivity index (χ2v) is 4.75. The Labute approximate surface area is 83.6 Å². The topological polar surface area (TPSA) is 33.1 Å². The van der Waals surface area contributed by atoms with Gasteiger partial charge in [-0.25, -0.2) is 4.98 Å². The first-order valence-corrected chi connectivity index (χ1v) is 5.55. The Hall–Kier alpha value is -0.410. The molecule has 1 heterocycles. The molecule has 0 bridgehead atoms. The maximum Gasteiger partial charge on any atom is 0.0956 e. The third-order valence-electron chi connectivity index (χ3n) is 1.99.